The predicted molar refractivity (Wildman–Crippen MR) is 60.8 cm³/mol. The van der Waals surface area contributed by atoms with E-state index in [4.69, 9.17) is 10.2 Å². The quantitative estimate of drug-likeness (QED) is 0.693. The monoisotopic (exact) mass is 209 g/mol. The summed E-state index contributed by atoms with van der Waals surface area (Å²) in [6.45, 7) is 4.24. The molecule has 15 heavy (non-hydrogen) atoms. The molecule has 0 amide bonds. The number of aliphatic hydroxyl groups is 1. The van der Waals surface area contributed by atoms with Gasteiger partial charge in [0.25, 0.3) is 0 Å². The molecule has 1 aromatic rings. The molecule has 3 heteroatoms. The summed E-state index contributed by atoms with van der Waals surface area (Å²) in [4.78, 5) is 0. The summed E-state index contributed by atoms with van der Waals surface area (Å²) in [5.41, 5.74) is 1.11. The van der Waals surface area contributed by atoms with Crippen LogP contribution < -0.4 is 5.32 Å². The van der Waals surface area contributed by atoms with Crippen molar-refractivity contribution < 1.29 is 10.2 Å². The normalized spacial score (nSPS) is 14.9. The van der Waals surface area contributed by atoms with Gasteiger partial charge in [0, 0.05) is 12.1 Å². The van der Waals surface area contributed by atoms with E-state index in [-0.39, 0.29) is 24.4 Å². The van der Waals surface area contributed by atoms with E-state index in [0.717, 1.165) is 12.0 Å². The lowest BCUT2D eigenvalue weighted by Crippen LogP contribution is -2.33. The smallest absolute Gasteiger partial charge is 0.115 e. The Balaban J connectivity index is 2.60. The zero-order valence-electron chi connectivity index (χ0n) is 9.27. The van der Waals surface area contributed by atoms with Crippen LogP contribution in [-0.2, 0) is 0 Å². The second kappa shape index (κ2) is 5.73. The molecular weight excluding hydrogens is 190 g/mol. The number of benzene rings is 1. The van der Waals surface area contributed by atoms with E-state index >= 15 is 0 Å². The van der Waals surface area contributed by atoms with Gasteiger partial charge < -0.3 is 15.5 Å². The summed E-state index contributed by atoms with van der Waals surface area (Å²) in [5, 5.41) is 21.5. The Kier molecular flexibility index (Phi) is 4.59. The first kappa shape index (κ1) is 12.0. The van der Waals surface area contributed by atoms with Crippen LogP contribution in [0.1, 0.15) is 31.9 Å². The van der Waals surface area contributed by atoms with Crippen LogP contribution >= 0.6 is 0 Å². The van der Waals surface area contributed by atoms with Crippen molar-refractivity contribution in [3.8, 4) is 5.75 Å². The average Bonchev–Trinajstić information content (AvgIpc) is 2.26. The highest BCUT2D eigenvalue weighted by Crippen LogP contribution is 2.17. The predicted octanol–water partition coefficient (Wildman–Crippen LogP) is 1.81. The lowest BCUT2D eigenvalue weighted by Gasteiger charge is -2.20. The van der Waals surface area contributed by atoms with Gasteiger partial charge in [0.05, 0.1) is 6.61 Å². The molecule has 0 radical (unpaired) electrons. The molecule has 1 unspecified atom stereocenters. The Hall–Kier alpha value is -1.06. The third kappa shape index (κ3) is 3.53. The van der Waals surface area contributed by atoms with Crippen molar-refractivity contribution in [2.45, 2.75) is 32.4 Å². The fraction of sp³-hybridized carbons (Fsp3) is 0.500. The van der Waals surface area contributed by atoms with Crippen LogP contribution in [0, 0.1) is 0 Å². The van der Waals surface area contributed by atoms with Crippen LogP contribution in [0.5, 0.6) is 5.75 Å². The van der Waals surface area contributed by atoms with Gasteiger partial charge in [-0.2, -0.15) is 0 Å². The number of aromatic hydroxyl groups is 1. The molecule has 0 spiro atoms. The van der Waals surface area contributed by atoms with Gasteiger partial charge in [-0.05, 0) is 31.0 Å². The van der Waals surface area contributed by atoms with Crippen LogP contribution in [0.25, 0.3) is 0 Å². The molecule has 0 aliphatic rings. The highest BCUT2D eigenvalue weighted by atomic mass is 16.3. The van der Waals surface area contributed by atoms with Crippen LogP contribution in [0.15, 0.2) is 24.3 Å². The number of phenols is 1. The minimum atomic E-state index is 0.133. The van der Waals surface area contributed by atoms with Crippen LogP contribution in [0.4, 0.5) is 0 Å². The molecule has 84 valence electrons. The zero-order valence-corrected chi connectivity index (χ0v) is 9.27. The van der Waals surface area contributed by atoms with E-state index in [1.165, 1.54) is 0 Å². The molecule has 0 aliphatic heterocycles. The number of aliphatic hydroxyl groups excluding tert-OH is 1. The summed E-state index contributed by atoms with van der Waals surface area (Å²) < 4.78 is 0. The molecule has 0 aliphatic carbocycles. The standard InChI is InChI=1S/C12H19NO2/c1-3-11(8-14)13-9(2)10-4-6-12(15)7-5-10/h4-7,9,11,13-15H,3,8H2,1-2H3/t9?,11-/m1/s1. The molecule has 2 atom stereocenters. The van der Waals surface area contributed by atoms with E-state index < -0.39 is 0 Å². The SMILES string of the molecule is CC[C@H](CO)NC(C)c1ccc(O)cc1. The number of hydrogen-bond acceptors (Lipinski definition) is 3. The van der Waals surface area contributed by atoms with Gasteiger partial charge in [0.1, 0.15) is 5.75 Å². The van der Waals surface area contributed by atoms with Crippen molar-refractivity contribution in [2.75, 3.05) is 6.61 Å². The first-order valence-corrected chi connectivity index (χ1v) is 5.33. The van der Waals surface area contributed by atoms with Crippen molar-refractivity contribution in [1.82, 2.24) is 5.32 Å². The van der Waals surface area contributed by atoms with E-state index in [0.29, 0.717) is 0 Å². The number of hydrogen-bond donors (Lipinski definition) is 3. The third-order valence-corrected chi connectivity index (χ3v) is 2.59. The maximum Gasteiger partial charge on any atom is 0.115 e. The largest absolute Gasteiger partial charge is 0.508 e. The summed E-state index contributed by atoms with van der Waals surface area (Å²) in [6, 6.07) is 7.44. The van der Waals surface area contributed by atoms with Gasteiger partial charge >= 0.3 is 0 Å². The molecule has 0 saturated heterocycles. The van der Waals surface area contributed by atoms with Gasteiger partial charge in [-0.3, -0.25) is 0 Å². The molecular formula is C12H19NO2. The minimum Gasteiger partial charge on any atom is -0.508 e. The fourth-order valence-electron chi connectivity index (χ4n) is 1.51. The Morgan fingerprint density at radius 2 is 1.87 bits per heavy atom. The summed E-state index contributed by atoms with van der Waals surface area (Å²) in [7, 11) is 0. The van der Waals surface area contributed by atoms with Crippen LogP contribution in [0.2, 0.25) is 0 Å². The van der Waals surface area contributed by atoms with Crippen molar-refractivity contribution in [3.63, 3.8) is 0 Å². The van der Waals surface area contributed by atoms with Crippen LogP contribution in [-0.4, -0.2) is 22.9 Å². The summed E-state index contributed by atoms with van der Waals surface area (Å²) in [6.07, 6.45) is 0.902. The van der Waals surface area contributed by atoms with Gasteiger partial charge in [-0.1, -0.05) is 19.1 Å². The Morgan fingerprint density at radius 3 is 2.33 bits per heavy atom. The van der Waals surface area contributed by atoms with E-state index in [2.05, 4.69) is 5.32 Å². The molecule has 3 N–H and O–H groups in total. The molecule has 0 bridgehead atoms. The number of rotatable bonds is 5. The first-order valence-electron chi connectivity index (χ1n) is 5.33. The zero-order chi connectivity index (χ0) is 11.3. The third-order valence-electron chi connectivity index (χ3n) is 2.59. The van der Waals surface area contributed by atoms with Gasteiger partial charge in [-0.15, -0.1) is 0 Å². The summed E-state index contributed by atoms with van der Waals surface area (Å²) >= 11 is 0. The molecule has 0 fully saturated rings. The fourth-order valence-corrected chi connectivity index (χ4v) is 1.51. The second-order valence-corrected chi connectivity index (χ2v) is 3.77. The van der Waals surface area contributed by atoms with Gasteiger partial charge in [-0.25, -0.2) is 0 Å². The Labute approximate surface area is 90.8 Å². The van der Waals surface area contributed by atoms with E-state index in [1.807, 2.05) is 26.0 Å². The lowest BCUT2D eigenvalue weighted by atomic mass is 10.1. The van der Waals surface area contributed by atoms with Crippen molar-refractivity contribution in [2.24, 2.45) is 0 Å². The minimum absolute atomic E-state index is 0.133. The lowest BCUT2D eigenvalue weighted by molar-refractivity contribution is 0.230. The first-order chi connectivity index (χ1) is 7.17. The van der Waals surface area contributed by atoms with Crippen molar-refractivity contribution >= 4 is 0 Å². The highest BCUT2D eigenvalue weighted by Gasteiger charge is 2.10. The molecule has 0 saturated carbocycles. The van der Waals surface area contributed by atoms with E-state index in [1.54, 1.807) is 12.1 Å². The Morgan fingerprint density at radius 1 is 1.27 bits per heavy atom. The maximum atomic E-state index is 9.15. The molecule has 1 aromatic carbocycles. The van der Waals surface area contributed by atoms with Crippen molar-refractivity contribution in [1.29, 1.82) is 0 Å². The Bertz CT molecular complexity index is 280. The average molecular weight is 209 g/mol. The van der Waals surface area contributed by atoms with Gasteiger partial charge in [0.15, 0.2) is 0 Å². The molecule has 0 heterocycles. The second-order valence-electron chi connectivity index (χ2n) is 3.77. The summed E-state index contributed by atoms with van der Waals surface area (Å²) in [5.74, 6) is 0.278. The van der Waals surface area contributed by atoms with Crippen molar-refractivity contribution in [3.05, 3.63) is 29.8 Å². The number of phenolic OH excluding ortho intramolecular Hbond substituents is 1. The molecule has 3 nitrogen and oxygen atoms in total. The number of nitrogens with one attached hydrogen (secondary N) is 1. The highest BCUT2D eigenvalue weighted by molar-refractivity contribution is 5.27. The topological polar surface area (TPSA) is 52.5 Å². The van der Waals surface area contributed by atoms with E-state index in [9.17, 15) is 0 Å². The molecule has 0 aromatic heterocycles. The van der Waals surface area contributed by atoms with Crippen LogP contribution in [0.3, 0.4) is 0 Å². The van der Waals surface area contributed by atoms with Gasteiger partial charge in [0.2, 0.25) is 0 Å². The maximum absolute atomic E-state index is 9.15. The molecule has 1 rings (SSSR count).